The molecule has 1 aliphatic rings. The van der Waals surface area contributed by atoms with E-state index in [1.54, 1.807) is 0 Å². The summed E-state index contributed by atoms with van der Waals surface area (Å²) in [6, 6.07) is 7.67. The van der Waals surface area contributed by atoms with Crippen LogP contribution in [0.1, 0.15) is 51.1 Å². The Morgan fingerprint density at radius 2 is 2.29 bits per heavy atom. The summed E-state index contributed by atoms with van der Waals surface area (Å²) in [7, 11) is 0. The average Bonchev–Trinajstić information content (AvgIpc) is 2.93. The highest BCUT2D eigenvalue weighted by molar-refractivity contribution is 9.10. The molecule has 0 spiro atoms. The number of aliphatic hydroxyl groups excluding tert-OH is 1. The van der Waals surface area contributed by atoms with Crippen molar-refractivity contribution in [3.63, 3.8) is 0 Å². The van der Waals surface area contributed by atoms with Crippen molar-refractivity contribution in [1.29, 1.82) is 0 Å². The normalized spacial score (nSPS) is 20.0. The second-order valence-electron chi connectivity index (χ2n) is 5.84. The summed E-state index contributed by atoms with van der Waals surface area (Å²) in [6.07, 6.45) is 4.48. The van der Waals surface area contributed by atoms with Gasteiger partial charge in [-0.25, -0.2) is 0 Å². The van der Waals surface area contributed by atoms with Crippen molar-refractivity contribution in [2.45, 2.75) is 51.6 Å². The van der Waals surface area contributed by atoms with Crippen LogP contribution in [-0.4, -0.2) is 30.8 Å². The van der Waals surface area contributed by atoms with E-state index in [9.17, 15) is 0 Å². The number of hydrogen-bond acceptors (Lipinski definition) is 3. The first kappa shape index (κ1) is 16.8. The van der Waals surface area contributed by atoms with Gasteiger partial charge in [0.05, 0.1) is 0 Å². The quantitative estimate of drug-likeness (QED) is 0.780. The minimum atomic E-state index is 0.299. The number of aliphatic hydroxyl groups is 1. The molecule has 2 unspecified atom stereocenters. The zero-order chi connectivity index (χ0) is 15.2. The molecule has 3 nitrogen and oxygen atoms in total. The maximum atomic E-state index is 9.04. The van der Waals surface area contributed by atoms with Crippen molar-refractivity contribution < 1.29 is 5.11 Å². The van der Waals surface area contributed by atoms with Crippen molar-refractivity contribution in [2.24, 2.45) is 0 Å². The van der Waals surface area contributed by atoms with E-state index in [1.165, 1.54) is 28.6 Å². The highest BCUT2D eigenvalue weighted by atomic mass is 79.9. The number of anilines is 1. The SMILES string of the molecule is CCNC(C)c1ccc(N2CCCC2CCCO)cc1Br. The van der Waals surface area contributed by atoms with Crippen molar-refractivity contribution in [3.05, 3.63) is 28.2 Å². The van der Waals surface area contributed by atoms with Gasteiger partial charge in [0.2, 0.25) is 0 Å². The highest BCUT2D eigenvalue weighted by Gasteiger charge is 2.24. The zero-order valence-corrected chi connectivity index (χ0v) is 14.7. The van der Waals surface area contributed by atoms with Crippen molar-refractivity contribution in [2.75, 3.05) is 24.6 Å². The predicted molar refractivity (Wildman–Crippen MR) is 92.9 cm³/mol. The van der Waals surface area contributed by atoms with Gasteiger partial charge in [-0.1, -0.05) is 28.9 Å². The molecule has 1 heterocycles. The molecule has 0 aliphatic carbocycles. The fourth-order valence-corrected chi connectivity index (χ4v) is 3.97. The first-order valence-corrected chi connectivity index (χ1v) is 8.87. The molecule has 1 saturated heterocycles. The van der Waals surface area contributed by atoms with Crippen LogP contribution in [0.5, 0.6) is 0 Å². The fourth-order valence-electron chi connectivity index (χ4n) is 3.26. The summed E-state index contributed by atoms with van der Waals surface area (Å²) in [5.74, 6) is 0. The van der Waals surface area contributed by atoms with E-state index in [0.29, 0.717) is 18.7 Å². The first-order chi connectivity index (χ1) is 10.2. The topological polar surface area (TPSA) is 35.5 Å². The Hall–Kier alpha value is -0.580. The first-order valence-electron chi connectivity index (χ1n) is 8.07. The summed E-state index contributed by atoms with van der Waals surface area (Å²) in [4.78, 5) is 2.50. The summed E-state index contributed by atoms with van der Waals surface area (Å²) in [6.45, 7) is 6.74. The average molecular weight is 355 g/mol. The molecule has 2 atom stereocenters. The molecule has 0 amide bonds. The molecule has 21 heavy (non-hydrogen) atoms. The Labute approximate surface area is 136 Å². The lowest BCUT2D eigenvalue weighted by atomic mass is 10.1. The van der Waals surface area contributed by atoms with E-state index in [2.05, 4.69) is 58.2 Å². The second-order valence-corrected chi connectivity index (χ2v) is 6.69. The maximum absolute atomic E-state index is 9.04. The third kappa shape index (κ3) is 4.21. The third-order valence-corrected chi connectivity index (χ3v) is 5.05. The van der Waals surface area contributed by atoms with E-state index >= 15 is 0 Å². The van der Waals surface area contributed by atoms with Crippen molar-refractivity contribution in [3.8, 4) is 0 Å². The molecule has 0 aromatic heterocycles. The minimum absolute atomic E-state index is 0.299. The smallest absolute Gasteiger partial charge is 0.0431 e. The van der Waals surface area contributed by atoms with Crippen LogP contribution in [0.25, 0.3) is 0 Å². The van der Waals surface area contributed by atoms with Gasteiger partial charge in [0.15, 0.2) is 0 Å². The van der Waals surface area contributed by atoms with Crippen LogP contribution in [0.3, 0.4) is 0 Å². The summed E-state index contributed by atoms with van der Waals surface area (Å²) in [5.41, 5.74) is 2.61. The Kier molecular flexibility index (Phi) is 6.52. The molecule has 1 aromatic carbocycles. The molecule has 0 bridgehead atoms. The molecule has 118 valence electrons. The largest absolute Gasteiger partial charge is 0.396 e. The Bertz CT molecular complexity index is 452. The van der Waals surface area contributed by atoms with Gasteiger partial charge in [0.25, 0.3) is 0 Å². The summed E-state index contributed by atoms with van der Waals surface area (Å²) in [5, 5.41) is 12.5. The van der Waals surface area contributed by atoms with Crippen molar-refractivity contribution >= 4 is 21.6 Å². The van der Waals surface area contributed by atoms with Gasteiger partial charge in [-0.2, -0.15) is 0 Å². The van der Waals surface area contributed by atoms with Crippen LogP contribution in [0.15, 0.2) is 22.7 Å². The van der Waals surface area contributed by atoms with Gasteiger partial charge in [0.1, 0.15) is 0 Å². The molecule has 1 fully saturated rings. The molecule has 2 N–H and O–H groups in total. The van der Waals surface area contributed by atoms with Crippen LogP contribution in [0.4, 0.5) is 5.69 Å². The molecule has 1 aliphatic heterocycles. The van der Waals surface area contributed by atoms with Crippen LogP contribution in [0.2, 0.25) is 0 Å². The number of nitrogens with zero attached hydrogens (tertiary/aromatic N) is 1. The molecular weight excluding hydrogens is 328 g/mol. The number of nitrogens with one attached hydrogen (secondary N) is 1. The molecule has 4 heteroatoms. The van der Waals surface area contributed by atoms with Crippen molar-refractivity contribution in [1.82, 2.24) is 5.32 Å². The number of halogens is 1. The van der Waals surface area contributed by atoms with E-state index in [1.807, 2.05) is 0 Å². The predicted octanol–water partition coefficient (Wildman–Crippen LogP) is 3.86. The van der Waals surface area contributed by atoms with Gasteiger partial charge < -0.3 is 15.3 Å². The van der Waals surface area contributed by atoms with E-state index in [4.69, 9.17) is 5.11 Å². The zero-order valence-electron chi connectivity index (χ0n) is 13.1. The van der Waals surface area contributed by atoms with Crippen LogP contribution >= 0.6 is 15.9 Å². The van der Waals surface area contributed by atoms with Crippen LogP contribution in [-0.2, 0) is 0 Å². The number of benzene rings is 1. The monoisotopic (exact) mass is 354 g/mol. The van der Waals surface area contributed by atoms with Crippen LogP contribution in [0, 0.1) is 0 Å². The molecule has 0 saturated carbocycles. The van der Waals surface area contributed by atoms with Gasteiger partial charge in [-0.05, 0) is 56.8 Å². The minimum Gasteiger partial charge on any atom is -0.396 e. The van der Waals surface area contributed by atoms with Gasteiger partial charge >= 0.3 is 0 Å². The Morgan fingerprint density at radius 1 is 1.48 bits per heavy atom. The Morgan fingerprint density at radius 3 is 2.95 bits per heavy atom. The highest BCUT2D eigenvalue weighted by Crippen LogP contribution is 2.33. The lowest BCUT2D eigenvalue weighted by Crippen LogP contribution is -2.29. The van der Waals surface area contributed by atoms with Gasteiger partial charge in [-0.15, -0.1) is 0 Å². The van der Waals surface area contributed by atoms with Crippen LogP contribution < -0.4 is 10.2 Å². The molecular formula is C17H27BrN2O. The maximum Gasteiger partial charge on any atom is 0.0431 e. The lowest BCUT2D eigenvalue weighted by molar-refractivity contribution is 0.279. The lowest BCUT2D eigenvalue weighted by Gasteiger charge is -2.28. The summed E-state index contributed by atoms with van der Waals surface area (Å²) < 4.78 is 1.18. The summed E-state index contributed by atoms with van der Waals surface area (Å²) >= 11 is 3.73. The van der Waals surface area contributed by atoms with Gasteiger partial charge in [0, 0.05) is 35.4 Å². The van der Waals surface area contributed by atoms with Gasteiger partial charge in [-0.3, -0.25) is 0 Å². The van der Waals surface area contributed by atoms with E-state index in [-0.39, 0.29) is 0 Å². The number of rotatable bonds is 7. The third-order valence-electron chi connectivity index (χ3n) is 4.37. The Balaban J connectivity index is 2.11. The molecule has 1 aromatic rings. The molecule has 2 rings (SSSR count). The molecule has 0 radical (unpaired) electrons. The number of hydrogen-bond donors (Lipinski definition) is 2. The second kappa shape index (κ2) is 8.16. The van der Waals surface area contributed by atoms with E-state index < -0.39 is 0 Å². The fraction of sp³-hybridized carbons (Fsp3) is 0.647. The standard InChI is InChI=1S/C17H27BrN2O/c1-3-19-13(2)16-9-8-15(12-17(16)18)20-10-4-6-14(20)7-5-11-21/h8-9,12-14,19,21H,3-7,10-11H2,1-2H3. The van der Waals surface area contributed by atoms with E-state index in [0.717, 1.165) is 25.9 Å².